The topological polar surface area (TPSA) is 13.0 Å². The van der Waals surface area contributed by atoms with Crippen molar-refractivity contribution in [3.05, 3.63) is 243 Å². The minimum absolute atomic E-state index is 0.0186. The van der Waals surface area contributed by atoms with Gasteiger partial charge in [-0.3, -0.25) is 0 Å². The molecule has 0 aromatic heterocycles. The molecule has 0 bridgehead atoms. The summed E-state index contributed by atoms with van der Waals surface area (Å²) in [5.41, 5.74) is 32.8. The van der Waals surface area contributed by atoms with E-state index in [1.165, 1.54) is 146 Å². The fraction of sp³-hybridized carbons (Fsp3) is 0. The Hall–Kier alpha value is -9.25. The van der Waals surface area contributed by atoms with E-state index in [0.29, 0.717) is 0 Å². The van der Waals surface area contributed by atoms with E-state index in [1.54, 1.807) is 0 Å². The minimum atomic E-state index is -0.0600. The van der Waals surface area contributed by atoms with Crippen LogP contribution >= 0.6 is 0 Å². The molecular formula is C66H40B2N4. The molecule has 0 N–H and O–H groups in total. The average molecular weight is 911 g/mol. The number of benzene rings is 11. The first-order valence-corrected chi connectivity index (χ1v) is 25.2. The number of hydrogen-bond donors (Lipinski definition) is 0. The molecule has 0 spiro atoms. The first-order chi connectivity index (χ1) is 35.8. The highest BCUT2D eigenvalue weighted by Crippen LogP contribution is 2.58. The van der Waals surface area contributed by atoms with Crippen molar-refractivity contribution in [2.45, 2.75) is 0 Å². The normalized spacial score (nSPS) is 13.9. The standard InChI is InChI=1S/C66H40B2N4/c1-4-19-41(20-5-1)44-25-10-13-30-51(44)69-54-33-16-28-47-49-37-39-58-63-65(49)72-66-50(48-29-17-34-55(69)61(48)68(72)60(47)54)38-40-59-64(66)67(63)62-56(70(58)52-31-14-11-26-45(52)42-21-6-2-7-22-42)35-18-36-57(62)71(59)53-32-15-12-27-46(53)43-23-8-3-9-24-43/h1-40H. The van der Waals surface area contributed by atoms with E-state index in [2.05, 4.69) is 262 Å². The number of fused-ring (bicyclic) bond motifs is 2. The summed E-state index contributed by atoms with van der Waals surface area (Å²) in [4.78, 5) is 10.6. The maximum absolute atomic E-state index is 2.82. The maximum atomic E-state index is 2.82. The molecule has 0 unspecified atom stereocenters. The van der Waals surface area contributed by atoms with Gasteiger partial charge in [-0.15, -0.1) is 0 Å². The van der Waals surface area contributed by atoms with Crippen LogP contribution in [0.3, 0.4) is 0 Å². The van der Waals surface area contributed by atoms with Crippen LogP contribution in [-0.4, -0.2) is 13.6 Å². The molecule has 11 aromatic rings. The molecule has 6 aliphatic rings. The van der Waals surface area contributed by atoms with Crippen molar-refractivity contribution in [1.82, 2.24) is 0 Å². The molecule has 0 saturated carbocycles. The van der Waals surface area contributed by atoms with E-state index in [-0.39, 0.29) is 13.6 Å². The zero-order valence-corrected chi connectivity index (χ0v) is 39.0. The lowest BCUT2D eigenvalue weighted by atomic mass is 9.29. The number of rotatable bonds is 6. The first-order valence-electron chi connectivity index (χ1n) is 25.2. The Balaban J connectivity index is 1.02. The summed E-state index contributed by atoms with van der Waals surface area (Å²) in [5.74, 6) is 0. The Labute approximate surface area is 419 Å². The van der Waals surface area contributed by atoms with Crippen molar-refractivity contribution >= 4 is 103 Å². The van der Waals surface area contributed by atoms with Gasteiger partial charge < -0.3 is 19.5 Å². The summed E-state index contributed by atoms with van der Waals surface area (Å²) in [6.07, 6.45) is 0. The summed E-state index contributed by atoms with van der Waals surface area (Å²) in [7, 11) is 0. The van der Waals surface area contributed by atoms with E-state index in [9.17, 15) is 0 Å². The third-order valence-corrected chi connectivity index (χ3v) is 16.5. The van der Waals surface area contributed by atoms with Gasteiger partial charge in [-0.1, -0.05) is 188 Å². The van der Waals surface area contributed by atoms with E-state index in [1.807, 2.05) is 0 Å². The summed E-state index contributed by atoms with van der Waals surface area (Å²) in [5, 5.41) is 0. The molecule has 11 aromatic carbocycles. The molecule has 0 atom stereocenters. The molecule has 17 rings (SSSR count). The molecule has 0 saturated heterocycles. The Kier molecular flexibility index (Phi) is 7.60. The molecule has 4 nitrogen and oxygen atoms in total. The second-order valence-electron chi connectivity index (χ2n) is 19.8. The fourth-order valence-electron chi connectivity index (χ4n) is 13.8. The lowest BCUT2D eigenvalue weighted by Crippen LogP contribution is -2.72. The fourth-order valence-corrected chi connectivity index (χ4v) is 13.8. The van der Waals surface area contributed by atoms with E-state index >= 15 is 0 Å². The van der Waals surface area contributed by atoms with Crippen molar-refractivity contribution in [3.63, 3.8) is 0 Å². The third kappa shape index (κ3) is 4.84. The number of hydrogen-bond acceptors (Lipinski definition) is 4. The first kappa shape index (κ1) is 38.6. The van der Waals surface area contributed by atoms with Crippen LogP contribution in [0.1, 0.15) is 0 Å². The van der Waals surface area contributed by atoms with E-state index < -0.39 is 0 Å². The third-order valence-electron chi connectivity index (χ3n) is 16.5. The van der Waals surface area contributed by atoms with Gasteiger partial charge in [-0.05, 0) is 110 Å². The monoisotopic (exact) mass is 910 g/mol. The van der Waals surface area contributed by atoms with Gasteiger partial charge in [0.1, 0.15) is 0 Å². The predicted molar refractivity (Wildman–Crippen MR) is 303 cm³/mol. The minimum Gasteiger partial charge on any atom is -0.377 e. The van der Waals surface area contributed by atoms with Gasteiger partial charge in [0.25, 0.3) is 6.71 Å². The van der Waals surface area contributed by atoms with Crippen LogP contribution in [-0.2, 0) is 0 Å². The van der Waals surface area contributed by atoms with Crippen LogP contribution in [0.2, 0.25) is 0 Å². The van der Waals surface area contributed by atoms with Gasteiger partial charge in [0, 0.05) is 73.3 Å². The van der Waals surface area contributed by atoms with E-state index in [0.717, 1.165) is 0 Å². The maximum Gasteiger partial charge on any atom is 0.333 e. The highest BCUT2D eigenvalue weighted by atomic mass is 15.2. The molecule has 0 radical (unpaired) electrons. The lowest BCUT2D eigenvalue weighted by Gasteiger charge is -2.56. The second-order valence-corrected chi connectivity index (χ2v) is 19.8. The highest BCUT2D eigenvalue weighted by molar-refractivity contribution is 7.06. The molecule has 330 valence electrons. The summed E-state index contributed by atoms with van der Waals surface area (Å²) in [6, 6.07) is 90.7. The van der Waals surface area contributed by atoms with Crippen LogP contribution in [0.5, 0.6) is 0 Å². The van der Waals surface area contributed by atoms with Crippen molar-refractivity contribution < 1.29 is 0 Å². The summed E-state index contributed by atoms with van der Waals surface area (Å²) in [6.45, 7) is -0.0786. The van der Waals surface area contributed by atoms with Crippen LogP contribution < -0.4 is 46.8 Å². The van der Waals surface area contributed by atoms with Crippen LogP contribution in [0.4, 0.5) is 62.6 Å². The van der Waals surface area contributed by atoms with Gasteiger partial charge >= 0.3 is 6.85 Å². The quantitative estimate of drug-likeness (QED) is 0.154. The van der Waals surface area contributed by atoms with Gasteiger partial charge in [0.05, 0.1) is 17.1 Å². The van der Waals surface area contributed by atoms with E-state index in [4.69, 9.17) is 0 Å². The summed E-state index contributed by atoms with van der Waals surface area (Å²) < 4.78 is 0. The molecule has 6 heterocycles. The lowest BCUT2D eigenvalue weighted by molar-refractivity contribution is 1.22. The van der Waals surface area contributed by atoms with Crippen LogP contribution in [0.15, 0.2) is 243 Å². The second kappa shape index (κ2) is 14.2. The van der Waals surface area contributed by atoms with Gasteiger partial charge in [0.2, 0.25) is 0 Å². The van der Waals surface area contributed by atoms with Crippen molar-refractivity contribution in [3.8, 4) is 55.6 Å². The Bertz CT molecular complexity index is 3940. The Morgan fingerprint density at radius 1 is 0.208 bits per heavy atom. The SMILES string of the molecule is c1ccc(-c2ccccc2N2c3cccc4c3B3c5c(cccc52)-c2ccc5c6c2N3c2c-4ccc3c2B6c2c(cccc2N5c2ccccc2-c2ccccc2)N3c2ccccc2-c2ccccc2)cc1. The van der Waals surface area contributed by atoms with Crippen molar-refractivity contribution in [1.29, 1.82) is 0 Å². The van der Waals surface area contributed by atoms with Gasteiger partial charge in [-0.25, -0.2) is 0 Å². The number of nitrogens with zero attached hydrogens (tertiary/aromatic N) is 4. The number of para-hydroxylation sites is 3. The smallest absolute Gasteiger partial charge is 0.333 e. The highest BCUT2D eigenvalue weighted by Gasteiger charge is 2.57. The van der Waals surface area contributed by atoms with Gasteiger partial charge in [-0.2, -0.15) is 0 Å². The molecule has 0 fully saturated rings. The molecular weight excluding hydrogens is 870 g/mol. The average Bonchev–Trinajstić information content (AvgIpc) is 3.47. The predicted octanol–water partition coefficient (Wildman–Crippen LogP) is 13.8. The van der Waals surface area contributed by atoms with Crippen LogP contribution in [0, 0.1) is 0 Å². The van der Waals surface area contributed by atoms with Crippen molar-refractivity contribution in [2.75, 3.05) is 19.5 Å². The van der Waals surface area contributed by atoms with Crippen LogP contribution in [0.25, 0.3) is 55.6 Å². The molecule has 6 aliphatic heterocycles. The number of anilines is 11. The zero-order valence-electron chi connectivity index (χ0n) is 39.0. The largest absolute Gasteiger partial charge is 0.377 e. The zero-order chi connectivity index (χ0) is 46.8. The van der Waals surface area contributed by atoms with Crippen molar-refractivity contribution in [2.24, 2.45) is 0 Å². The van der Waals surface area contributed by atoms with Gasteiger partial charge in [0.15, 0.2) is 0 Å². The molecule has 72 heavy (non-hydrogen) atoms. The Morgan fingerprint density at radius 3 is 0.917 bits per heavy atom. The summed E-state index contributed by atoms with van der Waals surface area (Å²) >= 11 is 0. The molecule has 0 amide bonds. The Morgan fingerprint density at radius 2 is 0.514 bits per heavy atom. The molecule has 6 heteroatoms. The molecule has 0 aliphatic carbocycles.